The second kappa shape index (κ2) is 6.13. The van der Waals surface area contributed by atoms with Gasteiger partial charge in [0.05, 0.1) is 27.2 Å². The zero-order chi connectivity index (χ0) is 23.7. The van der Waals surface area contributed by atoms with Crippen molar-refractivity contribution < 1.29 is 8.98 Å². The maximum absolute atomic E-state index is 6.70. The van der Waals surface area contributed by atoms with Gasteiger partial charge in [0.2, 0.25) is 5.52 Å². The van der Waals surface area contributed by atoms with Gasteiger partial charge in [0.25, 0.3) is 0 Å². The number of aromatic nitrogens is 2. The van der Waals surface area contributed by atoms with Crippen molar-refractivity contribution in [3.8, 4) is 0 Å². The molecule has 0 aliphatic heterocycles. The van der Waals surface area contributed by atoms with Gasteiger partial charge in [-0.25, -0.2) is 4.57 Å². The monoisotopic (exact) mass is 461 g/mol. The van der Waals surface area contributed by atoms with Crippen molar-refractivity contribution in [3.63, 3.8) is 0 Å². The molecule has 9 aromatic rings. The number of pyridine rings is 1. The number of benzene rings is 5. The van der Waals surface area contributed by atoms with Gasteiger partial charge >= 0.3 is 0 Å². The van der Waals surface area contributed by atoms with Crippen LogP contribution in [-0.4, -0.2) is 4.40 Å². The van der Waals surface area contributed by atoms with Crippen LogP contribution >= 0.6 is 0 Å². The summed E-state index contributed by atoms with van der Waals surface area (Å²) in [6.45, 7) is 2.30. The number of nitrogens with zero attached hydrogens (tertiary/aromatic N) is 2. The van der Waals surface area contributed by atoms with Crippen LogP contribution in [0.15, 0.2) is 95.5 Å². The largest absolute Gasteiger partial charge is 0.454 e. The lowest BCUT2D eigenvalue weighted by Crippen LogP contribution is -2.28. The second-order valence-corrected chi connectivity index (χ2v) is 10.0. The van der Waals surface area contributed by atoms with Crippen LogP contribution in [0.25, 0.3) is 81.7 Å². The molecule has 3 nitrogen and oxygen atoms in total. The Hall–Kier alpha value is -4.63. The molecule has 0 unspecified atom stereocenters. The summed E-state index contributed by atoms with van der Waals surface area (Å²) in [5.74, 6) is 0. The summed E-state index contributed by atoms with van der Waals surface area (Å²) in [7, 11) is 2.16. The smallest absolute Gasteiger partial charge is 0.221 e. The first-order chi connectivity index (χ1) is 17.7. The minimum absolute atomic E-state index is 0.934. The molecule has 0 N–H and O–H groups in total. The van der Waals surface area contributed by atoms with Gasteiger partial charge < -0.3 is 8.82 Å². The Labute approximate surface area is 205 Å². The number of hydrogen-bond acceptors (Lipinski definition) is 1. The van der Waals surface area contributed by atoms with E-state index in [0.29, 0.717) is 0 Å². The van der Waals surface area contributed by atoms with Gasteiger partial charge in [-0.3, -0.25) is 0 Å². The molecule has 9 rings (SSSR count). The number of furan rings is 1. The SMILES string of the molecule is Cc1c2c3ccccc3n3c4c5ccccc5oc4c(c4c5ccccc5c5ccc[n+](C)c5c14)c23. The van der Waals surface area contributed by atoms with Crippen molar-refractivity contribution in [3.05, 3.63) is 96.7 Å². The highest BCUT2D eigenvalue weighted by Crippen LogP contribution is 2.50. The summed E-state index contributed by atoms with van der Waals surface area (Å²) in [4.78, 5) is 0. The zero-order valence-corrected chi connectivity index (χ0v) is 20.0. The minimum Gasteiger partial charge on any atom is -0.454 e. The van der Waals surface area contributed by atoms with Crippen LogP contribution in [0, 0.1) is 6.92 Å². The fourth-order valence-electron chi connectivity index (χ4n) is 6.93. The Morgan fingerprint density at radius 2 is 1.31 bits per heavy atom. The summed E-state index contributed by atoms with van der Waals surface area (Å²) in [5, 5.41) is 11.4. The second-order valence-electron chi connectivity index (χ2n) is 10.0. The van der Waals surface area contributed by atoms with Crippen molar-refractivity contribution >= 4 is 81.7 Å². The molecule has 0 saturated carbocycles. The van der Waals surface area contributed by atoms with Crippen LogP contribution in [-0.2, 0) is 7.05 Å². The molecule has 5 aromatic carbocycles. The van der Waals surface area contributed by atoms with Gasteiger partial charge in [-0.05, 0) is 47.5 Å². The van der Waals surface area contributed by atoms with E-state index in [1.165, 1.54) is 70.7 Å². The number of aryl methyl sites for hydroxylation is 2. The molecule has 0 fully saturated rings. The number of hydrogen-bond donors (Lipinski definition) is 0. The third-order valence-corrected chi connectivity index (χ3v) is 8.29. The molecule has 3 heteroatoms. The predicted octanol–water partition coefficient (Wildman–Crippen LogP) is 8.18. The van der Waals surface area contributed by atoms with Crippen molar-refractivity contribution in [2.75, 3.05) is 0 Å². The molecular formula is C33H21N2O+. The van der Waals surface area contributed by atoms with Crippen LogP contribution in [0.3, 0.4) is 0 Å². The lowest BCUT2D eigenvalue weighted by molar-refractivity contribution is -0.644. The molecule has 4 aromatic heterocycles. The van der Waals surface area contributed by atoms with Crippen molar-refractivity contribution in [2.24, 2.45) is 7.05 Å². The van der Waals surface area contributed by atoms with Crippen LogP contribution in [0.1, 0.15) is 5.56 Å². The third kappa shape index (κ3) is 1.94. The molecule has 0 atom stereocenters. The quantitative estimate of drug-likeness (QED) is 0.165. The van der Waals surface area contributed by atoms with Crippen molar-refractivity contribution in [1.82, 2.24) is 4.40 Å². The number of fused-ring (bicyclic) bond motifs is 15. The molecule has 0 amide bonds. The molecule has 0 radical (unpaired) electrons. The Morgan fingerprint density at radius 3 is 2.17 bits per heavy atom. The van der Waals surface area contributed by atoms with E-state index in [9.17, 15) is 0 Å². The van der Waals surface area contributed by atoms with Gasteiger partial charge in [0, 0.05) is 27.6 Å². The van der Waals surface area contributed by atoms with E-state index in [1.807, 2.05) is 0 Å². The van der Waals surface area contributed by atoms with Crippen LogP contribution in [0.5, 0.6) is 0 Å². The van der Waals surface area contributed by atoms with Crippen LogP contribution in [0.2, 0.25) is 0 Å². The van der Waals surface area contributed by atoms with E-state index >= 15 is 0 Å². The zero-order valence-electron chi connectivity index (χ0n) is 20.0. The molecule has 168 valence electrons. The number of para-hydroxylation sites is 2. The average molecular weight is 462 g/mol. The van der Waals surface area contributed by atoms with Gasteiger partial charge in [0.1, 0.15) is 18.1 Å². The molecule has 0 saturated heterocycles. The summed E-state index contributed by atoms with van der Waals surface area (Å²) >= 11 is 0. The molecule has 0 bridgehead atoms. The normalized spacial score (nSPS) is 12.7. The predicted molar refractivity (Wildman–Crippen MR) is 149 cm³/mol. The summed E-state index contributed by atoms with van der Waals surface area (Å²) in [6, 6.07) is 30.5. The third-order valence-electron chi connectivity index (χ3n) is 8.29. The van der Waals surface area contributed by atoms with Gasteiger partial charge in [0.15, 0.2) is 11.8 Å². The van der Waals surface area contributed by atoms with E-state index in [0.717, 1.165) is 16.6 Å². The van der Waals surface area contributed by atoms with Crippen LogP contribution in [0.4, 0.5) is 0 Å². The first kappa shape index (κ1) is 18.7. The van der Waals surface area contributed by atoms with E-state index in [2.05, 4.69) is 114 Å². The van der Waals surface area contributed by atoms with Crippen LogP contribution < -0.4 is 4.57 Å². The fourth-order valence-corrected chi connectivity index (χ4v) is 6.93. The van der Waals surface area contributed by atoms with E-state index < -0.39 is 0 Å². The molecule has 0 aliphatic carbocycles. The Bertz CT molecular complexity index is 2390. The molecule has 36 heavy (non-hydrogen) atoms. The van der Waals surface area contributed by atoms with Gasteiger partial charge in [-0.1, -0.05) is 54.6 Å². The lowest BCUT2D eigenvalue weighted by Gasteiger charge is -2.13. The summed E-state index contributed by atoms with van der Waals surface area (Å²) in [5.41, 5.74) is 8.17. The first-order valence-electron chi connectivity index (χ1n) is 12.4. The Morgan fingerprint density at radius 1 is 0.611 bits per heavy atom. The highest BCUT2D eigenvalue weighted by atomic mass is 16.3. The Balaban J connectivity index is 1.79. The topological polar surface area (TPSA) is 21.4 Å². The Kier molecular flexibility index (Phi) is 3.18. The fraction of sp³-hybridized carbons (Fsp3) is 0.0606. The van der Waals surface area contributed by atoms with Crippen molar-refractivity contribution in [2.45, 2.75) is 6.92 Å². The first-order valence-corrected chi connectivity index (χ1v) is 12.4. The van der Waals surface area contributed by atoms with E-state index in [4.69, 9.17) is 4.42 Å². The number of rotatable bonds is 0. The maximum atomic E-state index is 6.70. The van der Waals surface area contributed by atoms with E-state index in [-0.39, 0.29) is 0 Å². The minimum atomic E-state index is 0.934. The molecule has 4 heterocycles. The molecule has 0 aliphatic rings. The lowest BCUT2D eigenvalue weighted by atomic mass is 9.90. The van der Waals surface area contributed by atoms with Gasteiger partial charge in [-0.15, -0.1) is 0 Å². The summed E-state index contributed by atoms with van der Waals surface area (Å²) in [6.07, 6.45) is 2.16. The van der Waals surface area contributed by atoms with Gasteiger partial charge in [-0.2, -0.15) is 0 Å². The molecule has 0 spiro atoms. The van der Waals surface area contributed by atoms with Crippen molar-refractivity contribution in [1.29, 1.82) is 0 Å². The van der Waals surface area contributed by atoms with E-state index in [1.54, 1.807) is 0 Å². The molecular weight excluding hydrogens is 440 g/mol. The standard InChI is InChI=1S/C33H21N2O/c1-18-26-22-12-5-7-15-24(22)35-31-23-13-6-8-16-25(23)36-33(31)29(32(26)35)28-20-11-4-3-10-19(20)21-14-9-17-34(2)30(21)27(18)28/h3-17H,1-2H3/q+1. The highest BCUT2D eigenvalue weighted by molar-refractivity contribution is 6.41. The average Bonchev–Trinajstić information content (AvgIpc) is 3.54. The summed E-state index contributed by atoms with van der Waals surface area (Å²) < 4.78 is 11.4. The maximum Gasteiger partial charge on any atom is 0.221 e. The highest BCUT2D eigenvalue weighted by Gasteiger charge is 2.29.